The van der Waals surface area contributed by atoms with Crippen LogP contribution in [0.3, 0.4) is 0 Å². The molecule has 0 N–H and O–H groups in total. The van der Waals surface area contributed by atoms with Crippen LogP contribution in [0, 0.1) is 0 Å². The molecule has 0 saturated heterocycles. The molecule has 0 aliphatic carbocycles. The van der Waals surface area contributed by atoms with Gasteiger partial charge in [-0.1, -0.05) is 36.9 Å². The summed E-state index contributed by atoms with van der Waals surface area (Å²) in [5.41, 5.74) is 2.10. The van der Waals surface area contributed by atoms with E-state index in [1.807, 2.05) is 30.3 Å². The van der Waals surface area contributed by atoms with Crippen molar-refractivity contribution in [2.75, 3.05) is 6.54 Å². The van der Waals surface area contributed by atoms with Crippen LogP contribution < -0.4 is 0 Å². The zero-order valence-electron chi connectivity index (χ0n) is 7.36. The van der Waals surface area contributed by atoms with Gasteiger partial charge in [-0.3, -0.25) is 0 Å². The molecule has 0 aliphatic heterocycles. The van der Waals surface area contributed by atoms with Gasteiger partial charge < -0.3 is 0 Å². The average molecular weight is 173 g/mol. The molecule has 0 amide bonds. The minimum atomic E-state index is 0.469. The Morgan fingerprint density at radius 1 is 1.38 bits per heavy atom. The van der Waals surface area contributed by atoms with Crippen LogP contribution >= 0.6 is 0 Å². The summed E-state index contributed by atoms with van der Waals surface area (Å²) < 4.78 is 0. The van der Waals surface area contributed by atoms with Crippen LogP contribution in [0.4, 0.5) is 0 Å². The molecule has 0 spiro atoms. The number of rotatable bonds is 4. The van der Waals surface area contributed by atoms with Crippen LogP contribution in [0.25, 0.3) is 5.57 Å². The second-order valence-corrected chi connectivity index (χ2v) is 2.69. The molecular formula is C11H11NO. The lowest BCUT2D eigenvalue weighted by atomic mass is 10.1. The van der Waals surface area contributed by atoms with E-state index in [9.17, 15) is 4.79 Å². The third-order valence-corrected chi connectivity index (χ3v) is 1.77. The molecule has 0 radical (unpaired) electrons. The molecule has 0 atom stereocenters. The van der Waals surface area contributed by atoms with Crippen molar-refractivity contribution in [3.63, 3.8) is 0 Å². The number of aliphatic imine (C=N–C) groups is 1. The lowest BCUT2D eigenvalue weighted by Gasteiger charge is -2.01. The average Bonchev–Trinajstić information content (AvgIpc) is 2.19. The lowest BCUT2D eigenvalue weighted by molar-refractivity contribution is 0.563. The highest BCUT2D eigenvalue weighted by Crippen LogP contribution is 2.14. The predicted octanol–water partition coefficient (Wildman–Crippen LogP) is 2.43. The number of isocyanates is 1. The van der Waals surface area contributed by atoms with Crippen molar-refractivity contribution in [1.82, 2.24) is 0 Å². The predicted molar refractivity (Wildman–Crippen MR) is 53.1 cm³/mol. The second kappa shape index (κ2) is 5.07. The normalized spacial score (nSPS) is 8.92. The Labute approximate surface area is 77.6 Å². The summed E-state index contributed by atoms with van der Waals surface area (Å²) in [5, 5.41) is 0. The first-order chi connectivity index (χ1) is 6.34. The monoisotopic (exact) mass is 173 g/mol. The van der Waals surface area contributed by atoms with Gasteiger partial charge in [-0.25, -0.2) is 9.79 Å². The summed E-state index contributed by atoms with van der Waals surface area (Å²) in [6.07, 6.45) is 2.22. The molecule has 2 nitrogen and oxygen atoms in total. The van der Waals surface area contributed by atoms with E-state index >= 15 is 0 Å². The van der Waals surface area contributed by atoms with E-state index in [-0.39, 0.29) is 0 Å². The molecule has 13 heavy (non-hydrogen) atoms. The van der Waals surface area contributed by atoms with E-state index in [4.69, 9.17) is 0 Å². The van der Waals surface area contributed by atoms with E-state index in [0.29, 0.717) is 13.0 Å². The zero-order chi connectivity index (χ0) is 9.52. The number of hydrogen-bond donors (Lipinski definition) is 0. The molecule has 66 valence electrons. The van der Waals surface area contributed by atoms with Crippen LogP contribution in [-0.2, 0) is 4.79 Å². The molecule has 1 rings (SSSR count). The van der Waals surface area contributed by atoms with Gasteiger partial charge in [0.1, 0.15) is 0 Å². The Balaban J connectivity index is 2.54. The molecular weight excluding hydrogens is 162 g/mol. The van der Waals surface area contributed by atoms with Gasteiger partial charge in [-0.2, -0.15) is 0 Å². The fourth-order valence-corrected chi connectivity index (χ4v) is 1.05. The Hall–Kier alpha value is -1.66. The van der Waals surface area contributed by atoms with E-state index in [1.165, 1.54) is 6.08 Å². The maximum absolute atomic E-state index is 9.80. The fraction of sp³-hybridized carbons (Fsp3) is 0.182. The summed E-state index contributed by atoms with van der Waals surface area (Å²) in [6.45, 7) is 4.38. The standard InChI is InChI=1S/C11H11NO/c1-10(7-8-12-9-13)11-5-3-2-4-6-11/h2-6H,1,7-8H2. The zero-order valence-corrected chi connectivity index (χ0v) is 7.36. The van der Waals surface area contributed by atoms with Crippen LogP contribution in [0.5, 0.6) is 0 Å². The van der Waals surface area contributed by atoms with Crippen LogP contribution in [0.15, 0.2) is 41.9 Å². The fourth-order valence-electron chi connectivity index (χ4n) is 1.05. The van der Waals surface area contributed by atoms with Crippen molar-refractivity contribution < 1.29 is 4.79 Å². The summed E-state index contributed by atoms with van der Waals surface area (Å²) in [5.74, 6) is 0. The van der Waals surface area contributed by atoms with Gasteiger partial charge in [-0.05, 0) is 17.6 Å². The highest BCUT2D eigenvalue weighted by atomic mass is 16.1. The van der Waals surface area contributed by atoms with Crippen LogP contribution in [-0.4, -0.2) is 12.6 Å². The van der Waals surface area contributed by atoms with Gasteiger partial charge in [-0.15, -0.1) is 0 Å². The maximum atomic E-state index is 9.80. The molecule has 0 heterocycles. The minimum Gasteiger partial charge on any atom is -0.211 e. The third-order valence-electron chi connectivity index (χ3n) is 1.77. The van der Waals surface area contributed by atoms with Gasteiger partial charge in [0, 0.05) is 0 Å². The highest BCUT2D eigenvalue weighted by molar-refractivity contribution is 5.63. The van der Waals surface area contributed by atoms with E-state index in [1.54, 1.807) is 0 Å². The maximum Gasteiger partial charge on any atom is 0.234 e. The molecule has 0 saturated carbocycles. The molecule has 0 bridgehead atoms. The van der Waals surface area contributed by atoms with Crippen molar-refractivity contribution in [1.29, 1.82) is 0 Å². The van der Waals surface area contributed by atoms with Gasteiger partial charge in [0.2, 0.25) is 6.08 Å². The molecule has 0 unspecified atom stereocenters. The van der Waals surface area contributed by atoms with Gasteiger partial charge in [0.05, 0.1) is 6.54 Å². The summed E-state index contributed by atoms with van der Waals surface area (Å²) >= 11 is 0. The van der Waals surface area contributed by atoms with Crippen molar-refractivity contribution in [2.24, 2.45) is 4.99 Å². The van der Waals surface area contributed by atoms with Crippen molar-refractivity contribution >= 4 is 11.7 Å². The third kappa shape index (κ3) is 3.06. The van der Waals surface area contributed by atoms with Crippen LogP contribution in [0.1, 0.15) is 12.0 Å². The van der Waals surface area contributed by atoms with Crippen molar-refractivity contribution in [2.45, 2.75) is 6.42 Å². The topological polar surface area (TPSA) is 29.4 Å². The van der Waals surface area contributed by atoms with Gasteiger partial charge in [0.25, 0.3) is 0 Å². The smallest absolute Gasteiger partial charge is 0.211 e. The minimum absolute atomic E-state index is 0.469. The Morgan fingerprint density at radius 2 is 2.08 bits per heavy atom. The summed E-state index contributed by atoms with van der Waals surface area (Å²) in [4.78, 5) is 13.3. The van der Waals surface area contributed by atoms with E-state index in [2.05, 4.69) is 11.6 Å². The largest absolute Gasteiger partial charge is 0.234 e. The first-order valence-electron chi connectivity index (χ1n) is 4.11. The summed E-state index contributed by atoms with van der Waals surface area (Å²) in [6, 6.07) is 9.87. The molecule has 2 heteroatoms. The molecule has 1 aromatic rings. The number of benzene rings is 1. The van der Waals surface area contributed by atoms with Crippen LogP contribution in [0.2, 0.25) is 0 Å². The molecule has 0 fully saturated rings. The molecule has 1 aromatic carbocycles. The van der Waals surface area contributed by atoms with E-state index in [0.717, 1.165) is 11.1 Å². The SMILES string of the molecule is C=C(CCN=C=O)c1ccccc1. The first kappa shape index (κ1) is 9.43. The second-order valence-electron chi connectivity index (χ2n) is 2.69. The Kier molecular flexibility index (Phi) is 3.68. The summed E-state index contributed by atoms with van der Waals surface area (Å²) in [7, 11) is 0. The Bertz CT molecular complexity index is 323. The van der Waals surface area contributed by atoms with Crippen molar-refractivity contribution in [3.8, 4) is 0 Å². The highest BCUT2D eigenvalue weighted by Gasteiger charge is 1.95. The Morgan fingerprint density at radius 3 is 2.69 bits per heavy atom. The quantitative estimate of drug-likeness (QED) is 0.508. The number of nitrogens with zero attached hydrogens (tertiary/aromatic N) is 1. The van der Waals surface area contributed by atoms with Gasteiger partial charge >= 0.3 is 0 Å². The lowest BCUT2D eigenvalue weighted by Crippen LogP contribution is -1.85. The van der Waals surface area contributed by atoms with Gasteiger partial charge in [0.15, 0.2) is 0 Å². The van der Waals surface area contributed by atoms with E-state index < -0.39 is 0 Å². The first-order valence-corrected chi connectivity index (χ1v) is 4.11. The van der Waals surface area contributed by atoms with Crippen molar-refractivity contribution in [3.05, 3.63) is 42.5 Å². The molecule has 0 aromatic heterocycles. The number of carbonyl (C=O) groups excluding carboxylic acids is 1. The molecule has 0 aliphatic rings. The number of hydrogen-bond acceptors (Lipinski definition) is 2.